The first kappa shape index (κ1) is 15.0. The number of thiazole rings is 1. The maximum absolute atomic E-state index is 12.5. The Morgan fingerprint density at radius 3 is 2.71 bits per heavy atom. The van der Waals surface area contributed by atoms with E-state index >= 15 is 0 Å². The van der Waals surface area contributed by atoms with Gasteiger partial charge in [0.2, 0.25) is 0 Å². The summed E-state index contributed by atoms with van der Waals surface area (Å²) in [7, 11) is 0. The van der Waals surface area contributed by atoms with Crippen LogP contribution in [-0.4, -0.2) is 34.2 Å². The van der Waals surface area contributed by atoms with Gasteiger partial charge in [0.05, 0.1) is 22.3 Å². The number of rotatable bonds is 4. The number of carbonyl (C=O) groups excluding carboxylic acids is 3. The summed E-state index contributed by atoms with van der Waals surface area (Å²) in [4.78, 5) is 42.9. The Balaban J connectivity index is 1.56. The molecule has 0 bridgehead atoms. The van der Waals surface area contributed by atoms with Crippen LogP contribution in [0.25, 0.3) is 0 Å². The van der Waals surface area contributed by atoms with Crippen molar-refractivity contribution in [3.05, 3.63) is 45.4 Å². The molecule has 6 nitrogen and oxygen atoms in total. The number of anilines is 1. The van der Waals surface area contributed by atoms with Crippen LogP contribution in [0, 0.1) is 12.8 Å². The van der Waals surface area contributed by atoms with Crippen molar-refractivity contribution in [3.63, 3.8) is 0 Å². The maximum Gasteiger partial charge on any atom is 0.267 e. The van der Waals surface area contributed by atoms with Crippen LogP contribution in [0.2, 0.25) is 0 Å². The summed E-state index contributed by atoms with van der Waals surface area (Å²) >= 11 is 1.30. The summed E-state index contributed by atoms with van der Waals surface area (Å²) in [6.45, 7) is 2.32. The van der Waals surface area contributed by atoms with E-state index < -0.39 is 0 Å². The fourth-order valence-corrected chi connectivity index (χ4v) is 3.42. The van der Waals surface area contributed by atoms with Crippen molar-refractivity contribution >= 4 is 34.7 Å². The lowest BCUT2D eigenvalue weighted by atomic mass is 10.1. The molecule has 2 aliphatic rings. The van der Waals surface area contributed by atoms with Crippen molar-refractivity contribution < 1.29 is 14.4 Å². The third-order valence-electron chi connectivity index (χ3n) is 4.21. The van der Waals surface area contributed by atoms with Gasteiger partial charge in [-0.05, 0) is 43.9 Å². The highest BCUT2D eigenvalue weighted by atomic mass is 32.1. The minimum atomic E-state index is -0.272. The van der Waals surface area contributed by atoms with Gasteiger partial charge in [-0.1, -0.05) is 0 Å². The normalized spacial score (nSPS) is 16.5. The molecule has 0 radical (unpaired) electrons. The Morgan fingerprint density at radius 2 is 2.04 bits per heavy atom. The van der Waals surface area contributed by atoms with Crippen molar-refractivity contribution in [2.75, 3.05) is 11.9 Å². The molecule has 1 aromatic heterocycles. The second-order valence-electron chi connectivity index (χ2n) is 6.12. The van der Waals surface area contributed by atoms with Crippen LogP contribution in [0.15, 0.2) is 24.4 Å². The molecule has 1 N–H and O–H groups in total. The molecule has 1 aliphatic heterocycles. The number of imide groups is 1. The van der Waals surface area contributed by atoms with E-state index in [9.17, 15) is 14.4 Å². The van der Waals surface area contributed by atoms with Gasteiger partial charge >= 0.3 is 0 Å². The molecular weight excluding hydrogens is 326 g/mol. The number of hydrogen-bond donors (Lipinski definition) is 1. The van der Waals surface area contributed by atoms with Crippen LogP contribution in [0.3, 0.4) is 0 Å². The quantitative estimate of drug-likeness (QED) is 0.867. The fourth-order valence-electron chi connectivity index (χ4n) is 2.75. The van der Waals surface area contributed by atoms with Crippen LogP contribution < -0.4 is 5.32 Å². The average Bonchev–Trinajstić information content (AvgIpc) is 3.24. The van der Waals surface area contributed by atoms with E-state index in [1.165, 1.54) is 22.4 Å². The molecule has 3 amide bonds. The number of benzene rings is 1. The molecule has 0 spiro atoms. The Labute approximate surface area is 142 Å². The number of aromatic nitrogens is 1. The maximum atomic E-state index is 12.5. The Morgan fingerprint density at radius 1 is 1.29 bits per heavy atom. The van der Waals surface area contributed by atoms with Crippen molar-refractivity contribution in [2.24, 2.45) is 5.92 Å². The first-order valence-electron chi connectivity index (χ1n) is 7.77. The Hall–Kier alpha value is -2.54. The zero-order valence-corrected chi connectivity index (χ0v) is 13.9. The number of nitrogens with one attached hydrogen (secondary N) is 1. The van der Waals surface area contributed by atoms with Crippen molar-refractivity contribution in [3.8, 4) is 0 Å². The van der Waals surface area contributed by atoms with E-state index in [0.717, 1.165) is 17.8 Å². The van der Waals surface area contributed by atoms with Gasteiger partial charge in [-0.25, -0.2) is 4.98 Å². The predicted molar refractivity (Wildman–Crippen MR) is 89.3 cm³/mol. The zero-order valence-electron chi connectivity index (χ0n) is 13.0. The van der Waals surface area contributed by atoms with Crippen molar-refractivity contribution in [1.82, 2.24) is 9.88 Å². The van der Waals surface area contributed by atoms with Gasteiger partial charge in [-0.2, -0.15) is 0 Å². The first-order chi connectivity index (χ1) is 11.5. The van der Waals surface area contributed by atoms with E-state index in [1.807, 2.05) is 6.92 Å². The molecule has 4 rings (SSSR count). The molecule has 1 aliphatic carbocycles. The molecule has 122 valence electrons. The van der Waals surface area contributed by atoms with E-state index in [2.05, 4.69) is 10.3 Å². The topological polar surface area (TPSA) is 79.4 Å². The van der Waals surface area contributed by atoms with Gasteiger partial charge in [0.1, 0.15) is 4.88 Å². The SMILES string of the molecule is Cc1ncc(C(=O)Nc2ccc3c(c2)C(=O)N(CC2CC2)C3=O)s1. The molecule has 7 heteroatoms. The van der Waals surface area contributed by atoms with Gasteiger partial charge in [0, 0.05) is 12.2 Å². The van der Waals surface area contributed by atoms with E-state index in [0.29, 0.717) is 34.2 Å². The van der Waals surface area contributed by atoms with Gasteiger partial charge in [0.25, 0.3) is 17.7 Å². The summed E-state index contributed by atoms with van der Waals surface area (Å²) in [5.74, 6) is -0.336. The fraction of sp³-hybridized carbons (Fsp3) is 0.294. The van der Waals surface area contributed by atoms with Crippen LogP contribution in [0.4, 0.5) is 5.69 Å². The second-order valence-corrected chi connectivity index (χ2v) is 7.36. The number of hydrogen-bond acceptors (Lipinski definition) is 5. The summed E-state index contributed by atoms with van der Waals surface area (Å²) < 4.78 is 0. The van der Waals surface area contributed by atoms with Crippen LogP contribution in [0.5, 0.6) is 0 Å². The second kappa shape index (κ2) is 5.52. The lowest BCUT2D eigenvalue weighted by Crippen LogP contribution is -2.31. The first-order valence-corrected chi connectivity index (χ1v) is 8.58. The average molecular weight is 341 g/mol. The van der Waals surface area contributed by atoms with Crippen molar-refractivity contribution in [2.45, 2.75) is 19.8 Å². The minimum Gasteiger partial charge on any atom is -0.321 e. The van der Waals surface area contributed by atoms with Crippen LogP contribution in [-0.2, 0) is 0 Å². The predicted octanol–water partition coefficient (Wildman–Crippen LogP) is 2.71. The lowest BCUT2D eigenvalue weighted by Gasteiger charge is -2.12. The number of fused-ring (bicyclic) bond motifs is 1. The van der Waals surface area contributed by atoms with Crippen molar-refractivity contribution in [1.29, 1.82) is 0 Å². The summed E-state index contributed by atoms with van der Waals surface area (Å²) in [5, 5.41) is 3.56. The van der Waals surface area contributed by atoms with Crippen LogP contribution in [0.1, 0.15) is 48.2 Å². The molecule has 24 heavy (non-hydrogen) atoms. The monoisotopic (exact) mass is 341 g/mol. The molecule has 2 aromatic rings. The number of carbonyl (C=O) groups is 3. The summed E-state index contributed by atoms with van der Waals surface area (Å²) in [6.07, 6.45) is 3.67. The molecular formula is C17H15N3O3S. The van der Waals surface area contributed by atoms with E-state index in [-0.39, 0.29) is 17.7 Å². The smallest absolute Gasteiger partial charge is 0.267 e. The van der Waals surface area contributed by atoms with E-state index in [4.69, 9.17) is 0 Å². The number of aryl methyl sites for hydroxylation is 1. The van der Waals surface area contributed by atoms with Gasteiger partial charge < -0.3 is 5.32 Å². The standard InChI is InChI=1S/C17H15N3O3S/c1-9-18-7-14(24-9)15(21)19-11-4-5-12-13(6-11)17(23)20(16(12)22)8-10-2-3-10/h4-7,10H,2-3,8H2,1H3,(H,19,21). The molecule has 2 heterocycles. The Kier molecular flexibility index (Phi) is 3.45. The van der Waals surface area contributed by atoms with Gasteiger partial charge in [-0.3, -0.25) is 19.3 Å². The minimum absolute atomic E-state index is 0.238. The molecule has 1 saturated carbocycles. The summed E-state index contributed by atoms with van der Waals surface area (Å²) in [6, 6.07) is 4.83. The highest BCUT2D eigenvalue weighted by Gasteiger charge is 2.38. The zero-order chi connectivity index (χ0) is 16.8. The highest BCUT2D eigenvalue weighted by molar-refractivity contribution is 7.13. The lowest BCUT2D eigenvalue weighted by molar-refractivity contribution is 0.0646. The third kappa shape index (κ3) is 2.60. The van der Waals surface area contributed by atoms with Crippen LogP contribution >= 0.6 is 11.3 Å². The summed E-state index contributed by atoms with van der Waals surface area (Å²) in [5.41, 5.74) is 1.27. The highest BCUT2D eigenvalue weighted by Crippen LogP contribution is 2.33. The molecule has 0 unspecified atom stereocenters. The number of amides is 3. The van der Waals surface area contributed by atoms with E-state index in [1.54, 1.807) is 18.2 Å². The molecule has 0 atom stereocenters. The third-order valence-corrected chi connectivity index (χ3v) is 5.12. The van der Waals surface area contributed by atoms with Gasteiger partial charge in [-0.15, -0.1) is 11.3 Å². The largest absolute Gasteiger partial charge is 0.321 e. The molecule has 0 saturated heterocycles. The van der Waals surface area contributed by atoms with Gasteiger partial charge in [0.15, 0.2) is 0 Å². The molecule has 1 aromatic carbocycles. The molecule has 1 fully saturated rings. The Bertz CT molecular complexity index is 870. The number of nitrogens with zero attached hydrogens (tertiary/aromatic N) is 2.